The molecule has 18 heavy (non-hydrogen) atoms. The maximum atomic E-state index is 11.9. The number of carbonyl (C=O) groups excluding carboxylic acids is 1. The largest absolute Gasteiger partial charge is 0.338 e. The summed E-state index contributed by atoms with van der Waals surface area (Å²) in [4.78, 5) is 13.8. The highest BCUT2D eigenvalue weighted by molar-refractivity contribution is 5.78. The quantitative estimate of drug-likeness (QED) is 0.817. The number of hydrogen-bond acceptors (Lipinski definition) is 2. The lowest BCUT2D eigenvalue weighted by Gasteiger charge is -2.18. The number of nitriles is 1. The Labute approximate surface area is 108 Å². The fraction of sp³-hybridized carbons (Fsp3) is 0.467. The van der Waals surface area contributed by atoms with Gasteiger partial charge in [0, 0.05) is 19.5 Å². The molecule has 1 unspecified atom stereocenters. The first-order valence-electron chi connectivity index (χ1n) is 6.37. The van der Waals surface area contributed by atoms with Crippen LogP contribution in [-0.2, 0) is 11.3 Å². The first-order chi connectivity index (χ1) is 8.60. The van der Waals surface area contributed by atoms with E-state index in [0.29, 0.717) is 30.4 Å². The summed E-state index contributed by atoms with van der Waals surface area (Å²) in [6.45, 7) is 5.79. The van der Waals surface area contributed by atoms with Gasteiger partial charge in [0.05, 0.1) is 11.6 Å². The minimum atomic E-state index is 0.232. The molecule has 3 nitrogen and oxygen atoms in total. The van der Waals surface area contributed by atoms with Gasteiger partial charge in [-0.2, -0.15) is 5.26 Å². The Balaban J connectivity index is 2.06. The van der Waals surface area contributed by atoms with Crippen LogP contribution in [0.1, 0.15) is 31.4 Å². The van der Waals surface area contributed by atoms with Crippen molar-refractivity contribution in [2.24, 2.45) is 11.8 Å². The zero-order chi connectivity index (χ0) is 13.1. The third-order valence-corrected chi connectivity index (χ3v) is 3.62. The molecule has 0 bridgehead atoms. The standard InChI is InChI=1S/C15H18N2O/c1-11(2)14-7-15(18)17(10-14)9-13-5-3-4-12(6-13)8-16/h3-6,11,14H,7,9-10H2,1-2H3. The van der Waals surface area contributed by atoms with E-state index in [4.69, 9.17) is 5.26 Å². The molecule has 1 aromatic rings. The number of rotatable bonds is 3. The first kappa shape index (κ1) is 12.6. The lowest BCUT2D eigenvalue weighted by Crippen LogP contribution is -2.25. The van der Waals surface area contributed by atoms with Crippen molar-refractivity contribution in [3.63, 3.8) is 0 Å². The summed E-state index contributed by atoms with van der Waals surface area (Å²) in [6.07, 6.45) is 0.662. The highest BCUT2D eigenvalue weighted by Crippen LogP contribution is 2.26. The number of amides is 1. The minimum absolute atomic E-state index is 0.232. The van der Waals surface area contributed by atoms with Gasteiger partial charge >= 0.3 is 0 Å². The van der Waals surface area contributed by atoms with Crippen molar-refractivity contribution in [1.82, 2.24) is 4.90 Å². The van der Waals surface area contributed by atoms with Gasteiger partial charge in [-0.15, -0.1) is 0 Å². The highest BCUT2D eigenvalue weighted by Gasteiger charge is 2.31. The Morgan fingerprint density at radius 3 is 2.89 bits per heavy atom. The molecule has 94 valence electrons. The van der Waals surface area contributed by atoms with E-state index in [1.54, 1.807) is 6.07 Å². The molecule has 1 amide bonds. The van der Waals surface area contributed by atoms with E-state index in [1.807, 2.05) is 23.1 Å². The van der Waals surface area contributed by atoms with Gasteiger partial charge in [0.25, 0.3) is 0 Å². The molecule has 3 heteroatoms. The van der Waals surface area contributed by atoms with E-state index in [9.17, 15) is 4.79 Å². The van der Waals surface area contributed by atoms with Crippen molar-refractivity contribution in [1.29, 1.82) is 5.26 Å². The molecular weight excluding hydrogens is 224 g/mol. The molecule has 0 radical (unpaired) electrons. The molecule has 2 rings (SSSR count). The Morgan fingerprint density at radius 1 is 1.50 bits per heavy atom. The van der Waals surface area contributed by atoms with Crippen molar-refractivity contribution in [3.05, 3.63) is 35.4 Å². The third kappa shape index (κ3) is 2.70. The molecule has 0 spiro atoms. The van der Waals surface area contributed by atoms with Gasteiger partial charge in [-0.25, -0.2) is 0 Å². The summed E-state index contributed by atoms with van der Waals surface area (Å²) in [6, 6.07) is 9.61. The molecule has 0 saturated carbocycles. The maximum absolute atomic E-state index is 11.9. The van der Waals surface area contributed by atoms with Gasteiger partial charge in [0.2, 0.25) is 5.91 Å². The number of carbonyl (C=O) groups is 1. The van der Waals surface area contributed by atoms with Crippen LogP contribution in [0.5, 0.6) is 0 Å². The average Bonchev–Trinajstić information content (AvgIpc) is 2.71. The van der Waals surface area contributed by atoms with Gasteiger partial charge in [0.15, 0.2) is 0 Å². The van der Waals surface area contributed by atoms with Gasteiger partial charge in [-0.1, -0.05) is 26.0 Å². The second-order valence-corrected chi connectivity index (χ2v) is 5.29. The lowest BCUT2D eigenvalue weighted by molar-refractivity contribution is -0.128. The van der Waals surface area contributed by atoms with Crippen LogP contribution < -0.4 is 0 Å². The normalized spacial score (nSPS) is 19.3. The van der Waals surface area contributed by atoms with E-state index in [-0.39, 0.29) is 5.91 Å². The van der Waals surface area contributed by atoms with Gasteiger partial charge in [0.1, 0.15) is 0 Å². The van der Waals surface area contributed by atoms with Crippen molar-refractivity contribution < 1.29 is 4.79 Å². The molecule has 1 aliphatic heterocycles. The molecule has 0 N–H and O–H groups in total. The second-order valence-electron chi connectivity index (χ2n) is 5.29. The summed E-state index contributed by atoms with van der Waals surface area (Å²) >= 11 is 0. The van der Waals surface area contributed by atoms with Crippen LogP contribution >= 0.6 is 0 Å². The van der Waals surface area contributed by atoms with E-state index < -0.39 is 0 Å². The van der Waals surface area contributed by atoms with E-state index in [2.05, 4.69) is 19.9 Å². The summed E-state index contributed by atoms with van der Waals surface area (Å²) < 4.78 is 0. The zero-order valence-electron chi connectivity index (χ0n) is 10.9. The Morgan fingerprint density at radius 2 is 2.28 bits per heavy atom. The van der Waals surface area contributed by atoms with Gasteiger partial charge in [-0.3, -0.25) is 4.79 Å². The fourth-order valence-electron chi connectivity index (χ4n) is 2.36. The number of benzene rings is 1. The maximum Gasteiger partial charge on any atom is 0.223 e. The monoisotopic (exact) mass is 242 g/mol. The van der Waals surface area contributed by atoms with Crippen LogP contribution in [0.2, 0.25) is 0 Å². The molecule has 1 aliphatic rings. The summed E-state index contributed by atoms with van der Waals surface area (Å²) in [5.74, 6) is 1.25. The van der Waals surface area contributed by atoms with Gasteiger partial charge < -0.3 is 4.90 Å². The summed E-state index contributed by atoms with van der Waals surface area (Å²) in [7, 11) is 0. The molecule has 0 aromatic heterocycles. The summed E-state index contributed by atoms with van der Waals surface area (Å²) in [5, 5.41) is 8.86. The minimum Gasteiger partial charge on any atom is -0.338 e. The lowest BCUT2D eigenvalue weighted by atomic mass is 9.95. The van der Waals surface area contributed by atoms with Crippen LogP contribution in [0.3, 0.4) is 0 Å². The molecule has 1 atom stereocenters. The zero-order valence-corrected chi connectivity index (χ0v) is 10.9. The van der Waals surface area contributed by atoms with Crippen LogP contribution in [0, 0.1) is 23.2 Å². The van der Waals surface area contributed by atoms with E-state index >= 15 is 0 Å². The van der Waals surface area contributed by atoms with Crippen LogP contribution in [0.15, 0.2) is 24.3 Å². The first-order valence-corrected chi connectivity index (χ1v) is 6.37. The Kier molecular flexibility index (Phi) is 3.66. The van der Waals surface area contributed by atoms with Crippen molar-refractivity contribution in [2.45, 2.75) is 26.8 Å². The second kappa shape index (κ2) is 5.22. The predicted octanol–water partition coefficient (Wildman–Crippen LogP) is 2.56. The van der Waals surface area contributed by atoms with Crippen molar-refractivity contribution in [3.8, 4) is 6.07 Å². The number of likely N-dealkylation sites (tertiary alicyclic amines) is 1. The van der Waals surface area contributed by atoms with Crippen molar-refractivity contribution in [2.75, 3.05) is 6.54 Å². The Bertz CT molecular complexity index is 488. The highest BCUT2D eigenvalue weighted by atomic mass is 16.2. The molecule has 0 aliphatic carbocycles. The molecule has 1 heterocycles. The average molecular weight is 242 g/mol. The summed E-state index contributed by atoms with van der Waals surface area (Å²) in [5.41, 5.74) is 1.69. The Hall–Kier alpha value is -1.82. The van der Waals surface area contributed by atoms with Crippen LogP contribution in [0.4, 0.5) is 0 Å². The topological polar surface area (TPSA) is 44.1 Å². The predicted molar refractivity (Wildman–Crippen MR) is 69.5 cm³/mol. The molecular formula is C15H18N2O. The number of hydrogen-bond donors (Lipinski definition) is 0. The molecule has 1 fully saturated rings. The smallest absolute Gasteiger partial charge is 0.223 e. The van der Waals surface area contributed by atoms with Crippen molar-refractivity contribution >= 4 is 5.91 Å². The van der Waals surface area contributed by atoms with E-state index in [1.165, 1.54) is 0 Å². The SMILES string of the molecule is CC(C)C1CC(=O)N(Cc2cccc(C#N)c2)C1. The number of nitrogens with zero attached hydrogens (tertiary/aromatic N) is 2. The molecule has 1 aromatic carbocycles. The van der Waals surface area contributed by atoms with Crippen LogP contribution in [0.25, 0.3) is 0 Å². The molecule has 1 saturated heterocycles. The third-order valence-electron chi connectivity index (χ3n) is 3.62. The van der Waals surface area contributed by atoms with E-state index in [0.717, 1.165) is 12.1 Å². The van der Waals surface area contributed by atoms with Gasteiger partial charge in [-0.05, 0) is 29.5 Å². The van der Waals surface area contributed by atoms with Crippen LogP contribution in [-0.4, -0.2) is 17.4 Å². The fourth-order valence-corrected chi connectivity index (χ4v) is 2.36.